The highest BCUT2D eigenvalue weighted by molar-refractivity contribution is 7.99. The van der Waals surface area contributed by atoms with Gasteiger partial charge in [-0.15, -0.1) is 21.5 Å². The van der Waals surface area contributed by atoms with Crippen LogP contribution in [0.1, 0.15) is 6.42 Å². The van der Waals surface area contributed by atoms with E-state index in [2.05, 4.69) is 20.5 Å². The fraction of sp³-hybridized carbons (Fsp3) is 0.107. The van der Waals surface area contributed by atoms with Crippen LogP contribution in [0.15, 0.2) is 95.5 Å². The lowest BCUT2D eigenvalue weighted by molar-refractivity contribution is -0.115. The van der Waals surface area contributed by atoms with Crippen molar-refractivity contribution >= 4 is 34.1 Å². The van der Waals surface area contributed by atoms with Gasteiger partial charge in [-0.1, -0.05) is 72.4 Å². The number of hydrogen-bond acceptors (Lipinski definition) is 8. The van der Waals surface area contributed by atoms with Crippen molar-refractivity contribution in [2.45, 2.75) is 11.6 Å². The number of methoxy groups -OCH3 is 1. The smallest absolute Gasteiger partial charge is 0.226 e. The summed E-state index contributed by atoms with van der Waals surface area (Å²) >= 11 is 2.80. The van der Waals surface area contributed by atoms with Crippen molar-refractivity contribution in [3.05, 3.63) is 90.3 Å². The van der Waals surface area contributed by atoms with Crippen LogP contribution in [-0.4, -0.2) is 38.9 Å². The van der Waals surface area contributed by atoms with E-state index in [9.17, 15) is 4.79 Å². The minimum Gasteiger partial charge on any atom is -0.497 e. The number of rotatable bonds is 9. The Bertz CT molecular complexity index is 1480. The van der Waals surface area contributed by atoms with E-state index in [-0.39, 0.29) is 5.91 Å². The fourth-order valence-electron chi connectivity index (χ4n) is 3.60. The molecule has 1 amide bonds. The summed E-state index contributed by atoms with van der Waals surface area (Å²) in [6.45, 7) is 0. The molecule has 0 fully saturated rings. The van der Waals surface area contributed by atoms with Gasteiger partial charge in [0.25, 0.3) is 0 Å². The van der Waals surface area contributed by atoms with Crippen LogP contribution in [0.25, 0.3) is 33.8 Å². The summed E-state index contributed by atoms with van der Waals surface area (Å²) in [7, 11) is 1.63. The molecule has 7 nitrogen and oxygen atoms in total. The molecule has 0 radical (unpaired) electrons. The number of benzene rings is 3. The van der Waals surface area contributed by atoms with Gasteiger partial charge in [-0.2, -0.15) is 0 Å². The lowest BCUT2D eigenvalue weighted by atomic mass is 10.0. The molecule has 0 aliphatic heterocycles. The summed E-state index contributed by atoms with van der Waals surface area (Å²) in [5.74, 6) is 1.19. The van der Waals surface area contributed by atoms with Crippen molar-refractivity contribution in [1.29, 1.82) is 0 Å². The summed E-state index contributed by atoms with van der Waals surface area (Å²) < 4.78 is 5.20. The number of nitrogens with zero attached hydrogens (tertiary/aromatic N) is 4. The third kappa shape index (κ3) is 6.19. The van der Waals surface area contributed by atoms with E-state index in [0.29, 0.717) is 22.5 Å². The zero-order valence-corrected chi connectivity index (χ0v) is 21.6. The van der Waals surface area contributed by atoms with Crippen LogP contribution in [0.2, 0.25) is 0 Å². The van der Waals surface area contributed by atoms with Crippen LogP contribution in [-0.2, 0) is 4.79 Å². The minimum atomic E-state index is -0.111. The highest BCUT2D eigenvalue weighted by Crippen LogP contribution is 2.30. The van der Waals surface area contributed by atoms with E-state index >= 15 is 0 Å². The molecule has 5 aromatic rings. The first-order valence-electron chi connectivity index (χ1n) is 11.6. The van der Waals surface area contributed by atoms with Crippen LogP contribution >= 0.6 is 23.1 Å². The summed E-state index contributed by atoms with van der Waals surface area (Å²) in [6, 6.07) is 27.5. The van der Waals surface area contributed by atoms with Gasteiger partial charge in [-0.3, -0.25) is 4.79 Å². The lowest BCUT2D eigenvalue weighted by Gasteiger charge is -2.09. The molecule has 0 aliphatic rings. The van der Waals surface area contributed by atoms with Crippen LogP contribution in [0, 0.1) is 0 Å². The van der Waals surface area contributed by atoms with E-state index in [4.69, 9.17) is 9.72 Å². The standard InChI is InChI=1S/C28H23N5O2S2/c1-35-22-14-12-19(13-15-22)23-18-37-27(29-23)30-24(34)16-17-36-28-31-25(20-8-4-2-5-9-20)26(32-33-28)21-10-6-3-7-11-21/h2-15,18H,16-17H2,1H3,(H,29,30,34). The van der Waals surface area contributed by atoms with E-state index in [1.807, 2.05) is 90.3 Å². The largest absolute Gasteiger partial charge is 0.497 e. The van der Waals surface area contributed by atoms with Gasteiger partial charge in [0.15, 0.2) is 5.13 Å². The topological polar surface area (TPSA) is 89.9 Å². The summed E-state index contributed by atoms with van der Waals surface area (Å²) in [4.78, 5) is 21.8. The van der Waals surface area contributed by atoms with E-state index in [0.717, 1.165) is 39.5 Å². The monoisotopic (exact) mass is 525 g/mol. The Morgan fingerprint density at radius 2 is 1.51 bits per heavy atom. The van der Waals surface area contributed by atoms with Crippen LogP contribution < -0.4 is 10.1 Å². The van der Waals surface area contributed by atoms with Crippen LogP contribution in [0.4, 0.5) is 5.13 Å². The molecule has 0 saturated heterocycles. The van der Waals surface area contributed by atoms with Gasteiger partial charge in [0.05, 0.1) is 12.8 Å². The van der Waals surface area contributed by atoms with Crippen molar-refractivity contribution in [2.24, 2.45) is 0 Å². The predicted octanol–water partition coefficient (Wildman–Crippen LogP) is 6.46. The average molecular weight is 526 g/mol. The second-order valence-corrected chi connectivity index (χ2v) is 9.86. The highest BCUT2D eigenvalue weighted by atomic mass is 32.2. The summed E-state index contributed by atoms with van der Waals surface area (Å²) in [6.07, 6.45) is 0.298. The normalized spacial score (nSPS) is 10.7. The quantitative estimate of drug-likeness (QED) is 0.221. The molecular weight excluding hydrogens is 502 g/mol. The van der Waals surface area contributed by atoms with Gasteiger partial charge >= 0.3 is 0 Å². The molecule has 0 unspecified atom stereocenters. The second-order valence-electron chi connectivity index (χ2n) is 7.94. The van der Waals surface area contributed by atoms with Crippen molar-refractivity contribution in [2.75, 3.05) is 18.2 Å². The Hall–Kier alpha value is -4.08. The molecule has 0 spiro atoms. The molecule has 0 bridgehead atoms. The van der Waals surface area contributed by atoms with Gasteiger partial charge in [0.1, 0.15) is 17.1 Å². The first-order valence-corrected chi connectivity index (χ1v) is 13.4. The highest BCUT2D eigenvalue weighted by Gasteiger charge is 2.14. The molecule has 5 rings (SSSR count). The SMILES string of the molecule is COc1ccc(-c2csc(NC(=O)CCSc3nnc(-c4ccccc4)c(-c4ccccc4)n3)n2)cc1. The number of carbonyl (C=O) groups is 1. The number of nitrogens with one attached hydrogen (secondary N) is 1. The Labute approximate surface area is 223 Å². The third-order valence-corrected chi connectivity index (χ3v) is 7.06. The van der Waals surface area contributed by atoms with Crippen LogP contribution in [0.3, 0.4) is 0 Å². The molecule has 0 saturated carbocycles. The maximum Gasteiger partial charge on any atom is 0.226 e. The van der Waals surface area contributed by atoms with Gasteiger partial charge < -0.3 is 10.1 Å². The second kappa shape index (κ2) is 11.8. The molecule has 0 aliphatic carbocycles. The number of thiazole rings is 1. The number of carbonyl (C=O) groups excluding carboxylic acids is 1. The summed E-state index contributed by atoms with van der Waals surface area (Å²) in [5, 5.41) is 14.7. The number of aromatic nitrogens is 4. The maximum absolute atomic E-state index is 12.5. The van der Waals surface area contributed by atoms with E-state index < -0.39 is 0 Å². The van der Waals surface area contributed by atoms with Gasteiger partial charge in [0.2, 0.25) is 11.1 Å². The Morgan fingerprint density at radius 3 is 2.19 bits per heavy atom. The van der Waals surface area contributed by atoms with Gasteiger partial charge in [-0.05, 0) is 24.3 Å². The zero-order valence-electron chi connectivity index (χ0n) is 20.0. The molecule has 2 heterocycles. The predicted molar refractivity (Wildman–Crippen MR) is 149 cm³/mol. The molecule has 9 heteroatoms. The number of ether oxygens (including phenoxy) is 1. The number of amides is 1. The summed E-state index contributed by atoms with van der Waals surface area (Å²) in [5.41, 5.74) is 5.18. The molecule has 3 aromatic carbocycles. The number of thioether (sulfide) groups is 1. The van der Waals surface area contributed by atoms with Crippen LogP contribution in [0.5, 0.6) is 5.75 Å². The molecule has 184 valence electrons. The van der Waals surface area contributed by atoms with Crippen molar-refractivity contribution < 1.29 is 9.53 Å². The molecule has 0 atom stereocenters. The molecular formula is C28H23N5O2S2. The van der Waals surface area contributed by atoms with Crippen molar-refractivity contribution in [3.63, 3.8) is 0 Å². The third-order valence-electron chi connectivity index (χ3n) is 5.46. The lowest BCUT2D eigenvalue weighted by Crippen LogP contribution is -2.12. The zero-order chi connectivity index (χ0) is 25.5. The maximum atomic E-state index is 12.5. The van der Waals surface area contributed by atoms with Crippen molar-refractivity contribution in [3.8, 4) is 39.5 Å². The molecule has 1 N–H and O–H groups in total. The minimum absolute atomic E-state index is 0.111. The molecule has 37 heavy (non-hydrogen) atoms. The van der Waals surface area contributed by atoms with Crippen molar-refractivity contribution in [1.82, 2.24) is 20.2 Å². The average Bonchev–Trinajstić information content (AvgIpc) is 3.42. The Morgan fingerprint density at radius 1 is 0.838 bits per heavy atom. The number of anilines is 1. The fourth-order valence-corrected chi connectivity index (χ4v) is 5.06. The van der Waals surface area contributed by atoms with Gasteiger partial charge in [-0.25, -0.2) is 9.97 Å². The van der Waals surface area contributed by atoms with Gasteiger partial charge in [0, 0.05) is 34.2 Å². The van der Waals surface area contributed by atoms with E-state index in [1.54, 1.807) is 7.11 Å². The Kier molecular flexibility index (Phi) is 7.83. The number of hydrogen-bond donors (Lipinski definition) is 1. The first kappa shape index (κ1) is 24.6. The molecule has 2 aromatic heterocycles. The Balaban J connectivity index is 1.22. The first-order chi connectivity index (χ1) is 18.2. The van der Waals surface area contributed by atoms with E-state index in [1.165, 1.54) is 23.1 Å².